The maximum absolute atomic E-state index is 5.28. The third-order valence-corrected chi connectivity index (χ3v) is 4.71. The molecule has 0 unspecified atom stereocenters. The van der Waals surface area contributed by atoms with Crippen LogP contribution in [0, 0.1) is 6.92 Å². The Morgan fingerprint density at radius 2 is 1.48 bits per heavy atom. The molecular weight excluding hydrogens is 350 g/mol. The summed E-state index contributed by atoms with van der Waals surface area (Å²) in [5.74, 6) is 0.869. The molecule has 0 atom stereocenters. The molecule has 3 aromatic carbocycles. The van der Waals surface area contributed by atoms with E-state index in [9.17, 15) is 0 Å². The molecule has 0 N–H and O–H groups in total. The first-order valence-corrected chi connectivity index (χ1v) is 8.31. The van der Waals surface area contributed by atoms with Gasteiger partial charge in [0.05, 0.1) is 18.1 Å². The number of hydrogen-bond donors (Lipinski definition) is 0. The summed E-state index contributed by atoms with van der Waals surface area (Å²) in [6, 6.07) is 21.3. The van der Waals surface area contributed by atoms with Crippen molar-refractivity contribution in [2.45, 2.75) is 6.92 Å². The number of nitrogens with zero attached hydrogens (tertiary/aromatic N) is 1. The average Bonchev–Trinajstić information content (AvgIpc) is 2.88. The van der Waals surface area contributed by atoms with Gasteiger partial charge in [-0.15, -0.1) is 0 Å². The molecular formula is C20H16BrNO. The molecule has 4 rings (SSSR count). The van der Waals surface area contributed by atoms with Crippen molar-refractivity contribution in [2.75, 3.05) is 7.11 Å². The lowest BCUT2D eigenvalue weighted by Gasteiger charge is -2.09. The van der Waals surface area contributed by atoms with E-state index in [0.29, 0.717) is 0 Å². The lowest BCUT2D eigenvalue weighted by molar-refractivity contribution is 0.415. The van der Waals surface area contributed by atoms with Gasteiger partial charge >= 0.3 is 0 Å². The van der Waals surface area contributed by atoms with E-state index < -0.39 is 0 Å². The van der Waals surface area contributed by atoms with Gasteiger partial charge in [-0.1, -0.05) is 27.6 Å². The Morgan fingerprint density at radius 3 is 2.17 bits per heavy atom. The zero-order valence-corrected chi connectivity index (χ0v) is 14.6. The summed E-state index contributed by atoms with van der Waals surface area (Å²) >= 11 is 3.60. The van der Waals surface area contributed by atoms with E-state index in [1.54, 1.807) is 7.11 Å². The second kappa shape index (κ2) is 5.43. The highest BCUT2D eigenvalue weighted by atomic mass is 79.9. The minimum absolute atomic E-state index is 0.869. The van der Waals surface area contributed by atoms with Crippen LogP contribution in [0.4, 0.5) is 0 Å². The van der Waals surface area contributed by atoms with Crippen LogP contribution in [-0.2, 0) is 0 Å². The van der Waals surface area contributed by atoms with E-state index in [4.69, 9.17) is 4.74 Å². The Balaban J connectivity index is 2.10. The van der Waals surface area contributed by atoms with Crippen molar-refractivity contribution in [1.82, 2.24) is 4.57 Å². The van der Waals surface area contributed by atoms with Crippen molar-refractivity contribution in [3.8, 4) is 11.4 Å². The number of methoxy groups -OCH3 is 1. The molecule has 2 nitrogen and oxygen atoms in total. The fraction of sp³-hybridized carbons (Fsp3) is 0.100. The second-order valence-corrected chi connectivity index (χ2v) is 6.63. The standard InChI is InChI=1S/C20H16BrNO/c1-13-3-9-19-17(11-13)18-12-14(21)4-10-20(18)22(19)15-5-7-16(23-2)8-6-15/h3-12H,1-2H3. The Bertz CT molecular complexity index is 956. The lowest BCUT2D eigenvalue weighted by Crippen LogP contribution is -1.94. The number of hydrogen-bond acceptors (Lipinski definition) is 1. The largest absolute Gasteiger partial charge is 0.497 e. The average molecular weight is 366 g/mol. The van der Waals surface area contributed by atoms with Gasteiger partial charge in [0.15, 0.2) is 0 Å². The Labute approximate surface area is 143 Å². The van der Waals surface area contributed by atoms with Crippen molar-refractivity contribution in [3.63, 3.8) is 0 Å². The van der Waals surface area contributed by atoms with Crippen LogP contribution in [0.3, 0.4) is 0 Å². The van der Waals surface area contributed by atoms with Gasteiger partial charge in [0.2, 0.25) is 0 Å². The Kier molecular flexibility index (Phi) is 3.38. The molecule has 0 fully saturated rings. The van der Waals surface area contributed by atoms with Crippen LogP contribution in [0.15, 0.2) is 65.1 Å². The van der Waals surface area contributed by atoms with Crippen LogP contribution in [-0.4, -0.2) is 11.7 Å². The van der Waals surface area contributed by atoms with E-state index in [1.807, 2.05) is 12.1 Å². The normalized spacial score (nSPS) is 11.3. The monoisotopic (exact) mass is 365 g/mol. The van der Waals surface area contributed by atoms with Gasteiger partial charge in [0.25, 0.3) is 0 Å². The molecule has 0 aliphatic heterocycles. The van der Waals surface area contributed by atoms with Gasteiger partial charge in [-0.3, -0.25) is 0 Å². The molecule has 0 saturated carbocycles. The number of fused-ring (bicyclic) bond motifs is 3. The predicted octanol–water partition coefficient (Wildman–Crippen LogP) is 5.86. The quantitative estimate of drug-likeness (QED) is 0.433. The van der Waals surface area contributed by atoms with E-state index in [-0.39, 0.29) is 0 Å². The van der Waals surface area contributed by atoms with Crippen molar-refractivity contribution < 1.29 is 4.74 Å². The number of rotatable bonds is 2. The van der Waals surface area contributed by atoms with Gasteiger partial charge in [0, 0.05) is 20.9 Å². The molecule has 4 aromatic rings. The molecule has 0 bridgehead atoms. The summed E-state index contributed by atoms with van der Waals surface area (Å²) in [5.41, 5.74) is 4.83. The van der Waals surface area contributed by atoms with Crippen molar-refractivity contribution in [1.29, 1.82) is 0 Å². The number of benzene rings is 3. The minimum atomic E-state index is 0.869. The van der Waals surface area contributed by atoms with E-state index in [0.717, 1.165) is 15.9 Å². The van der Waals surface area contributed by atoms with Crippen LogP contribution in [0.5, 0.6) is 5.75 Å². The first-order chi connectivity index (χ1) is 11.2. The van der Waals surface area contributed by atoms with Crippen LogP contribution in [0.2, 0.25) is 0 Å². The SMILES string of the molecule is COc1ccc(-n2c3ccc(C)cc3c3cc(Br)ccc32)cc1. The van der Waals surface area contributed by atoms with Crippen molar-refractivity contribution >= 4 is 37.7 Å². The van der Waals surface area contributed by atoms with Crippen LogP contribution in [0.1, 0.15) is 5.56 Å². The first kappa shape index (κ1) is 14.3. The molecule has 0 aliphatic rings. The highest BCUT2D eigenvalue weighted by molar-refractivity contribution is 9.10. The maximum atomic E-state index is 5.28. The van der Waals surface area contributed by atoms with Gasteiger partial charge in [-0.05, 0) is 61.5 Å². The summed E-state index contributed by atoms with van der Waals surface area (Å²) < 4.78 is 8.68. The van der Waals surface area contributed by atoms with Crippen molar-refractivity contribution in [3.05, 3.63) is 70.7 Å². The fourth-order valence-corrected chi connectivity index (χ4v) is 3.48. The van der Waals surface area contributed by atoms with Crippen molar-refractivity contribution in [2.24, 2.45) is 0 Å². The summed E-state index contributed by atoms with van der Waals surface area (Å²) in [6.07, 6.45) is 0. The minimum Gasteiger partial charge on any atom is -0.497 e. The van der Waals surface area contributed by atoms with E-state index in [1.165, 1.54) is 27.4 Å². The molecule has 1 aromatic heterocycles. The lowest BCUT2D eigenvalue weighted by atomic mass is 10.1. The molecule has 0 radical (unpaired) electrons. The van der Waals surface area contributed by atoms with E-state index in [2.05, 4.69) is 76.0 Å². The summed E-state index contributed by atoms with van der Waals surface area (Å²) in [4.78, 5) is 0. The molecule has 1 heterocycles. The van der Waals surface area contributed by atoms with Crippen LogP contribution < -0.4 is 4.74 Å². The fourth-order valence-electron chi connectivity index (χ4n) is 3.12. The topological polar surface area (TPSA) is 14.2 Å². The molecule has 0 amide bonds. The highest BCUT2D eigenvalue weighted by Crippen LogP contribution is 2.34. The molecule has 0 spiro atoms. The van der Waals surface area contributed by atoms with Gasteiger partial charge in [-0.2, -0.15) is 0 Å². The summed E-state index contributed by atoms with van der Waals surface area (Å²) in [6.45, 7) is 2.13. The highest BCUT2D eigenvalue weighted by Gasteiger charge is 2.12. The van der Waals surface area contributed by atoms with Gasteiger partial charge in [-0.25, -0.2) is 0 Å². The molecule has 114 valence electrons. The number of ether oxygens (including phenoxy) is 1. The van der Waals surface area contributed by atoms with E-state index >= 15 is 0 Å². The number of aryl methyl sites for hydroxylation is 1. The van der Waals surface area contributed by atoms with Crippen LogP contribution in [0.25, 0.3) is 27.5 Å². The maximum Gasteiger partial charge on any atom is 0.119 e. The smallest absolute Gasteiger partial charge is 0.119 e. The number of aromatic nitrogens is 1. The third kappa shape index (κ3) is 2.32. The third-order valence-electron chi connectivity index (χ3n) is 4.21. The Morgan fingerprint density at radius 1 is 0.826 bits per heavy atom. The van der Waals surface area contributed by atoms with Gasteiger partial charge in [0.1, 0.15) is 5.75 Å². The molecule has 3 heteroatoms. The molecule has 0 saturated heterocycles. The Hall–Kier alpha value is -2.26. The predicted molar refractivity (Wildman–Crippen MR) is 99.8 cm³/mol. The summed E-state index contributed by atoms with van der Waals surface area (Å²) in [5, 5.41) is 2.53. The molecule has 23 heavy (non-hydrogen) atoms. The molecule has 0 aliphatic carbocycles. The zero-order valence-electron chi connectivity index (χ0n) is 13.0. The first-order valence-electron chi connectivity index (χ1n) is 7.52. The zero-order chi connectivity index (χ0) is 16.0. The van der Waals surface area contributed by atoms with Crippen LogP contribution >= 0.6 is 15.9 Å². The second-order valence-electron chi connectivity index (χ2n) is 5.72. The van der Waals surface area contributed by atoms with Gasteiger partial charge < -0.3 is 9.30 Å². The number of halogens is 1. The summed E-state index contributed by atoms with van der Waals surface area (Å²) in [7, 11) is 1.69.